The van der Waals surface area contributed by atoms with Crippen molar-refractivity contribution in [2.75, 3.05) is 18.0 Å². The van der Waals surface area contributed by atoms with Gasteiger partial charge in [-0.15, -0.1) is 0 Å². The molecule has 1 fully saturated rings. The third kappa shape index (κ3) is 3.18. The summed E-state index contributed by atoms with van der Waals surface area (Å²) in [5.74, 6) is 0.878. The highest BCUT2D eigenvalue weighted by Crippen LogP contribution is 2.30. The van der Waals surface area contributed by atoms with Crippen molar-refractivity contribution >= 4 is 17.3 Å². The number of hydrogen-bond acceptors (Lipinski definition) is 2. The monoisotopic (exact) mass is 267 g/mol. The lowest BCUT2D eigenvalue weighted by Gasteiger charge is -2.34. The summed E-state index contributed by atoms with van der Waals surface area (Å²) in [5.41, 5.74) is 2.09. The van der Waals surface area contributed by atoms with E-state index in [2.05, 4.69) is 11.8 Å². The van der Waals surface area contributed by atoms with Gasteiger partial charge in [0.05, 0.1) is 6.61 Å². The minimum absolute atomic E-state index is 0.0847. The molecule has 2 rings (SSSR count). The average molecular weight is 268 g/mol. The van der Waals surface area contributed by atoms with Crippen LogP contribution in [0.4, 0.5) is 5.69 Å². The van der Waals surface area contributed by atoms with E-state index in [9.17, 15) is 5.11 Å². The number of anilines is 1. The highest BCUT2D eigenvalue weighted by atomic mass is 35.5. The normalized spacial score (nSPS) is 17.2. The van der Waals surface area contributed by atoms with Crippen molar-refractivity contribution in [3.63, 3.8) is 0 Å². The number of nitrogens with zero attached hydrogens (tertiary/aromatic N) is 1. The predicted octanol–water partition coefficient (Wildman–Crippen LogP) is 3.85. The van der Waals surface area contributed by atoms with E-state index in [-0.39, 0.29) is 6.61 Å². The molecule has 1 aliphatic rings. The molecule has 0 radical (unpaired) electrons. The van der Waals surface area contributed by atoms with Gasteiger partial charge in [0, 0.05) is 29.4 Å². The number of rotatable bonds is 4. The van der Waals surface area contributed by atoms with Gasteiger partial charge in [0.25, 0.3) is 0 Å². The van der Waals surface area contributed by atoms with Crippen molar-refractivity contribution < 1.29 is 5.11 Å². The molecular formula is C15H22ClNO. The lowest BCUT2D eigenvalue weighted by molar-refractivity contribution is 0.281. The summed E-state index contributed by atoms with van der Waals surface area (Å²) in [6.45, 7) is 4.50. The summed E-state index contributed by atoms with van der Waals surface area (Å²) >= 11 is 6.06. The first kappa shape index (κ1) is 13.7. The molecule has 1 aliphatic heterocycles. The molecule has 100 valence electrons. The van der Waals surface area contributed by atoms with Crippen molar-refractivity contribution in [3.8, 4) is 0 Å². The van der Waals surface area contributed by atoms with Crippen LogP contribution in [0.2, 0.25) is 5.02 Å². The number of hydrogen-bond donors (Lipinski definition) is 1. The van der Waals surface area contributed by atoms with Crippen molar-refractivity contribution in [3.05, 3.63) is 28.8 Å². The number of piperidine rings is 1. The minimum atomic E-state index is 0.0847. The smallest absolute Gasteiger partial charge is 0.0702 e. The highest BCUT2D eigenvalue weighted by Gasteiger charge is 2.20. The van der Waals surface area contributed by atoms with Gasteiger partial charge < -0.3 is 10.0 Å². The van der Waals surface area contributed by atoms with E-state index < -0.39 is 0 Å². The first-order valence-corrected chi connectivity index (χ1v) is 7.26. The number of aliphatic hydroxyl groups is 1. The third-order valence-electron chi connectivity index (χ3n) is 3.87. The molecule has 1 aromatic rings. The van der Waals surface area contributed by atoms with Crippen molar-refractivity contribution in [1.82, 2.24) is 0 Å². The molecule has 1 N–H and O–H groups in total. The number of halogens is 1. The van der Waals surface area contributed by atoms with Gasteiger partial charge in [0.2, 0.25) is 0 Å². The molecule has 0 unspecified atom stereocenters. The second-order valence-electron chi connectivity index (χ2n) is 5.15. The Morgan fingerprint density at radius 3 is 2.67 bits per heavy atom. The molecule has 0 spiro atoms. The fraction of sp³-hybridized carbons (Fsp3) is 0.600. The SMILES string of the molecule is CCCC1CCN(c2cc(Cl)ccc2CO)CC1. The van der Waals surface area contributed by atoms with E-state index in [1.54, 1.807) is 0 Å². The topological polar surface area (TPSA) is 23.5 Å². The average Bonchev–Trinajstić information content (AvgIpc) is 2.40. The Balaban J connectivity index is 2.06. The van der Waals surface area contributed by atoms with Gasteiger partial charge in [-0.2, -0.15) is 0 Å². The third-order valence-corrected chi connectivity index (χ3v) is 4.10. The van der Waals surface area contributed by atoms with E-state index in [0.29, 0.717) is 0 Å². The summed E-state index contributed by atoms with van der Waals surface area (Å²) in [5, 5.41) is 10.2. The summed E-state index contributed by atoms with van der Waals surface area (Å²) in [7, 11) is 0. The van der Waals surface area contributed by atoms with Crippen LogP contribution in [0, 0.1) is 5.92 Å². The maximum absolute atomic E-state index is 9.41. The zero-order chi connectivity index (χ0) is 13.0. The molecule has 1 heterocycles. The van der Waals surface area contributed by atoms with Crippen LogP contribution in [0.3, 0.4) is 0 Å². The molecule has 2 nitrogen and oxygen atoms in total. The Bertz CT molecular complexity index is 386. The van der Waals surface area contributed by atoms with E-state index in [1.165, 1.54) is 25.7 Å². The van der Waals surface area contributed by atoms with Gasteiger partial charge in [0.15, 0.2) is 0 Å². The Morgan fingerprint density at radius 2 is 2.06 bits per heavy atom. The molecule has 0 bridgehead atoms. The lowest BCUT2D eigenvalue weighted by atomic mass is 9.92. The van der Waals surface area contributed by atoms with Gasteiger partial charge in [-0.25, -0.2) is 0 Å². The number of aliphatic hydroxyl groups excluding tert-OH is 1. The van der Waals surface area contributed by atoms with Gasteiger partial charge in [-0.05, 0) is 30.9 Å². The van der Waals surface area contributed by atoms with E-state index in [4.69, 9.17) is 11.6 Å². The Kier molecular flexibility index (Phi) is 4.90. The van der Waals surface area contributed by atoms with Crippen LogP contribution in [0.5, 0.6) is 0 Å². The van der Waals surface area contributed by atoms with Crippen LogP contribution in [-0.2, 0) is 6.61 Å². The van der Waals surface area contributed by atoms with E-state index in [1.807, 2.05) is 18.2 Å². The maximum atomic E-state index is 9.41. The largest absolute Gasteiger partial charge is 0.392 e. The van der Waals surface area contributed by atoms with Crippen molar-refractivity contribution in [2.24, 2.45) is 5.92 Å². The lowest BCUT2D eigenvalue weighted by Crippen LogP contribution is -2.34. The molecule has 0 amide bonds. The quantitative estimate of drug-likeness (QED) is 0.896. The van der Waals surface area contributed by atoms with Crippen LogP contribution >= 0.6 is 11.6 Å². The van der Waals surface area contributed by atoms with E-state index >= 15 is 0 Å². The summed E-state index contributed by atoms with van der Waals surface area (Å²) < 4.78 is 0. The first-order valence-electron chi connectivity index (χ1n) is 6.88. The van der Waals surface area contributed by atoms with E-state index in [0.717, 1.165) is 35.3 Å². The molecule has 0 aromatic heterocycles. The molecule has 1 saturated heterocycles. The van der Waals surface area contributed by atoms with Crippen LogP contribution in [-0.4, -0.2) is 18.2 Å². The second kappa shape index (κ2) is 6.44. The minimum Gasteiger partial charge on any atom is -0.392 e. The van der Waals surface area contributed by atoms with Crippen LogP contribution in [0.15, 0.2) is 18.2 Å². The molecule has 3 heteroatoms. The predicted molar refractivity (Wildman–Crippen MR) is 77.2 cm³/mol. The Labute approximate surface area is 115 Å². The van der Waals surface area contributed by atoms with Crippen LogP contribution in [0.1, 0.15) is 38.2 Å². The van der Waals surface area contributed by atoms with Gasteiger partial charge in [-0.1, -0.05) is 37.4 Å². The van der Waals surface area contributed by atoms with Gasteiger partial charge in [-0.3, -0.25) is 0 Å². The maximum Gasteiger partial charge on any atom is 0.0702 e. The van der Waals surface area contributed by atoms with Gasteiger partial charge in [0.1, 0.15) is 0 Å². The standard InChI is InChI=1S/C15H22ClNO/c1-2-3-12-6-8-17(9-7-12)15-10-14(16)5-4-13(15)11-18/h4-5,10,12,18H,2-3,6-9,11H2,1H3. The molecular weight excluding hydrogens is 246 g/mol. The first-order chi connectivity index (χ1) is 8.74. The molecule has 0 saturated carbocycles. The zero-order valence-electron chi connectivity index (χ0n) is 11.0. The van der Waals surface area contributed by atoms with Gasteiger partial charge >= 0.3 is 0 Å². The summed E-state index contributed by atoms with van der Waals surface area (Å²) in [6.07, 6.45) is 5.14. The van der Waals surface area contributed by atoms with Crippen LogP contribution in [0.25, 0.3) is 0 Å². The summed E-state index contributed by atoms with van der Waals surface area (Å²) in [4.78, 5) is 2.36. The zero-order valence-corrected chi connectivity index (χ0v) is 11.8. The Morgan fingerprint density at radius 1 is 1.33 bits per heavy atom. The number of benzene rings is 1. The van der Waals surface area contributed by atoms with Crippen molar-refractivity contribution in [1.29, 1.82) is 0 Å². The van der Waals surface area contributed by atoms with Crippen molar-refractivity contribution in [2.45, 2.75) is 39.2 Å². The summed E-state index contributed by atoms with van der Waals surface area (Å²) in [6, 6.07) is 5.75. The molecule has 18 heavy (non-hydrogen) atoms. The fourth-order valence-electron chi connectivity index (χ4n) is 2.84. The highest BCUT2D eigenvalue weighted by molar-refractivity contribution is 6.30. The fourth-order valence-corrected chi connectivity index (χ4v) is 3.00. The molecule has 0 aliphatic carbocycles. The molecule has 0 atom stereocenters. The molecule has 1 aromatic carbocycles. The van der Waals surface area contributed by atoms with Crippen LogP contribution < -0.4 is 4.90 Å². The second-order valence-corrected chi connectivity index (χ2v) is 5.59. The Hall–Kier alpha value is -0.730.